The van der Waals surface area contributed by atoms with Gasteiger partial charge in [0.2, 0.25) is 0 Å². The lowest BCUT2D eigenvalue weighted by atomic mass is 9.89. The van der Waals surface area contributed by atoms with Crippen LogP contribution in [0, 0.1) is 11.8 Å². The third kappa shape index (κ3) is 4.69. The maximum Gasteiger partial charge on any atom is 0.255 e. The van der Waals surface area contributed by atoms with Crippen molar-refractivity contribution < 1.29 is 9.53 Å². The molecule has 2 saturated heterocycles. The van der Waals surface area contributed by atoms with E-state index in [1.54, 1.807) is 12.1 Å². The van der Waals surface area contributed by atoms with Crippen LogP contribution in [0.25, 0.3) is 0 Å². The summed E-state index contributed by atoms with van der Waals surface area (Å²) < 4.78 is 5.88. The Morgan fingerprint density at radius 3 is 3.04 bits per heavy atom. The summed E-state index contributed by atoms with van der Waals surface area (Å²) >= 11 is 6.17. The first-order chi connectivity index (χ1) is 12.8. The second-order valence-electron chi connectivity index (χ2n) is 7.86. The molecule has 4 N–H and O–H groups in total. The van der Waals surface area contributed by atoms with Crippen molar-refractivity contribution in [1.29, 1.82) is 0 Å². The standard InChI is InChI=1S/C21H28ClN3O2/c1-4-5-6-13(2)27-19-11-18(23)17(22)10-16(19)20(26)24-15-9-14-7-8-21(3,12-15)25-14/h10-11,13-15,25H,4,7-9,12,23H2,1-3H3,(H,24,26)/t13?,14?,15?,21-/m0/s1. The topological polar surface area (TPSA) is 76.4 Å². The van der Waals surface area contributed by atoms with E-state index in [0.29, 0.717) is 28.1 Å². The first kappa shape index (κ1) is 19.9. The maximum absolute atomic E-state index is 13.0. The van der Waals surface area contributed by atoms with Crippen molar-refractivity contribution in [2.24, 2.45) is 0 Å². The van der Waals surface area contributed by atoms with Gasteiger partial charge in [0.25, 0.3) is 5.91 Å². The number of amides is 1. The summed E-state index contributed by atoms with van der Waals surface area (Å²) in [5.41, 5.74) is 6.82. The summed E-state index contributed by atoms with van der Waals surface area (Å²) in [5, 5.41) is 7.17. The number of nitrogen functional groups attached to an aromatic ring is 1. The number of carbonyl (C=O) groups is 1. The van der Waals surface area contributed by atoms with Gasteiger partial charge in [-0.2, -0.15) is 0 Å². The number of carbonyl (C=O) groups excluding carboxylic acids is 1. The number of nitrogens with two attached hydrogens (primary N) is 1. The van der Waals surface area contributed by atoms with Gasteiger partial charge in [-0.3, -0.25) is 4.79 Å². The molecular weight excluding hydrogens is 362 g/mol. The molecule has 1 aromatic carbocycles. The summed E-state index contributed by atoms with van der Waals surface area (Å²) in [6.45, 7) is 6.06. The van der Waals surface area contributed by atoms with Crippen LogP contribution in [0.15, 0.2) is 12.1 Å². The fraction of sp³-hybridized carbons (Fsp3) is 0.571. The van der Waals surface area contributed by atoms with Gasteiger partial charge in [0, 0.05) is 30.1 Å². The van der Waals surface area contributed by atoms with Crippen LogP contribution in [0.4, 0.5) is 5.69 Å². The van der Waals surface area contributed by atoms with Gasteiger partial charge in [-0.25, -0.2) is 0 Å². The number of halogens is 1. The Hall–Kier alpha value is -1.90. The normalized spacial score (nSPS) is 27.4. The van der Waals surface area contributed by atoms with E-state index < -0.39 is 0 Å². The number of hydrogen-bond acceptors (Lipinski definition) is 4. The second-order valence-corrected chi connectivity index (χ2v) is 8.26. The molecule has 2 aliphatic rings. The fourth-order valence-electron chi connectivity index (χ4n) is 4.12. The van der Waals surface area contributed by atoms with Crippen LogP contribution in [0.5, 0.6) is 5.75 Å². The van der Waals surface area contributed by atoms with Gasteiger partial charge in [0.05, 0.1) is 16.3 Å². The Bertz CT molecular complexity index is 786. The molecule has 1 amide bonds. The van der Waals surface area contributed by atoms with Crippen LogP contribution in [0.1, 0.15) is 63.2 Å². The minimum Gasteiger partial charge on any atom is -0.477 e. The minimum atomic E-state index is -0.342. The van der Waals surface area contributed by atoms with Gasteiger partial charge in [-0.15, -0.1) is 0 Å². The Morgan fingerprint density at radius 1 is 1.56 bits per heavy atom. The van der Waals surface area contributed by atoms with Crippen molar-refractivity contribution in [2.75, 3.05) is 5.73 Å². The smallest absolute Gasteiger partial charge is 0.255 e. The molecule has 6 heteroatoms. The van der Waals surface area contributed by atoms with Crippen LogP contribution in [0.2, 0.25) is 5.02 Å². The Labute approximate surface area is 166 Å². The molecule has 146 valence electrons. The SMILES string of the molecule is CCC#CC(C)Oc1cc(N)c(Cl)cc1C(=O)NC1CC2CC[C@@](C)(C1)N2. The monoisotopic (exact) mass is 389 g/mol. The number of fused-ring (bicyclic) bond motifs is 2. The number of ether oxygens (including phenoxy) is 1. The van der Waals surface area contributed by atoms with Crippen LogP contribution >= 0.6 is 11.6 Å². The number of piperidine rings is 1. The van der Waals surface area contributed by atoms with E-state index in [9.17, 15) is 4.79 Å². The lowest BCUT2D eigenvalue weighted by molar-refractivity contribution is 0.0910. The molecular formula is C21H28ClN3O2. The van der Waals surface area contributed by atoms with E-state index in [0.717, 1.165) is 25.7 Å². The highest BCUT2D eigenvalue weighted by Gasteiger charge is 2.42. The molecule has 2 bridgehead atoms. The van der Waals surface area contributed by atoms with E-state index in [1.165, 1.54) is 6.42 Å². The molecule has 27 heavy (non-hydrogen) atoms. The molecule has 0 aliphatic carbocycles. The molecule has 0 aromatic heterocycles. The molecule has 2 aliphatic heterocycles. The van der Waals surface area contributed by atoms with E-state index >= 15 is 0 Å². The number of hydrogen-bond donors (Lipinski definition) is 3. The fourth-order valence-corrected chi connectivity index (χ4v) is 4.28. The predicted octanol–water partition coefficient (Wildman–Crippen LogP) is 3.51. The van der Waals surface area contributed by atoms with E-state index in [-0.39, 0.29) is 23.6 Å². The zero-order valence-electron chi connectivity index (χ0n) is 16.2. The summed E-state index contributed by atoms with van der Waals surface area (Å²) in [5.74, 6) is 6.22. The van der Waals surface area contributed by atoms with Gasteiger partial charge >= 0.3 is 0 Å². The summed E-state index contributed by atoms with van der Waals surface area (Å²) in [7, 11) is 0. The van der Waals surface area contributed by atoms with Crippen LogP contribution in [-0.4, -0.2) is 29.6 Å². The van der Waals surface area contributed by atoms with Crippen LogP contribution in [0.3, 0.4) is 0 Å². The van der Waals surface area contributed by atoms with Crippen molar-refractivity contribution in [3.8, 4) is 17.6 Å². The van der Waals surface area contributed by atoms with Gasteiger partial charge in [0.1, 0.15) is 5.75 Å². The quantitative estimate of drug-likeness (QED) is 0.544. The largest absolute Gasteiger partial charge is 0.477 e. The van der Waals surface area contributed by atoms with E-state index in [1.807, 2.05) is 13.8 Å². The second kappa shape index (κ2) is 8.00. The molecule has 3 rings (SSSR count). The van der Waals surface area contributed by atoms with Crippen molar-refractivity contribution in [3.63, 3.8) is 0 Å². The number of rotatable bonds is 4. The average Bonchev–Trinajstić information content (AvgIpc) is 2.88. The van der Waals surface area contributed by atoms with Gasteiger partial charge in [0.15, 0.2) is 6.10 Å². The number of nitrogens with one attached hydrogen (secondary N) is 2. The zero-order valence-corrected chi connectivity index (χ0v) is 17.0. The molecule has 1 aromatic rings. The third-order valence-corrected chi connectivity index (χ3v) is 5.66. The zero-order chi connectivity index (χ0) is 19.6. The summed E-state index contributed by atoms with van der Waals surface area (Å²) in [6.07, 6.45) is 4.59. The number of benzene rings is 1. The van der Waals surface area contributed by atoms with Gasteiger partial charge in [-0.1, -0.05) is 30.4 Å². The molecule has 0 spiro atoms. The first-order valence-electron chi connectivity index (χ1n) is 9.62. The summed E-state index contributed by atoms with van der Waals surface area (Å²) in [4.78, 5) is 13.0. The minimum absolute atomic E-state index is 0.114. The van der Waals surface area contributed by atoms with Crippen molar-refractivity contribution in [2.45, 2.75) is 76.6 Å². The molecule has 0 saturated carbocycles. The molecule has 0 radical (unpaired) electrons. The lowest BCUT2D eigenvalue weighted by Crippen LogP contribution is -2.53. The third-order valence-electron chi connectivity index (χ3n) is 5.33. The van der Waals surface area contributed by atoms with Crippen molar-refractivity contribution in [3.05, 3.63) is 22.7 Å². The number of anilines is 1. The van der Waals surface area contributed by atoms with Crippen molar-refractivity contribution in [1.82, 2.24) is 10.6 Å². The Balaban J connectivity index is 1.78. The molecule has 2 heterocycles. The average molecular weight is 390 g/mol. The van der Waals surface area contributed by atoms with Crippen LogP contribution in [-0.2, 0) is 0 Å². The highest BCUT2D eigenvalue weighted by atomic mass is 35.5. The molecule has 4 atom stereocenters. The Morgan fingerprint density at radius 2 is 2.33 bits per heavy atom. The lowest BCUT2D eigenvalue weighted by Gasteiger charge is -2.37. The highest BCUT2D eigenvalue weighted by Crippen LogP contribution is 2.36. The van der Waals surface area contributed by atoms with E-state index in [4.69, 9.17) is 22.1 Å². The van der Waals surface area contributed by atoms with E-state index in [2.05, 4.69) is 29.4 Å². The maximum atomic E-state index is 13.0. The Kier molecular flexibility index (Phi) is 5.88. The first-order valence-corrected chi connectivity index (χ1v) is 10.00. The molecule has 3 unspecified atom stereocenters. The highest BCUT2D eigenvalue weighted by molar-refractivity contribution is 6.33. The van der Waals surface area contributed by atoms with Crippen LogP contribution < -0.4 is 21.1 Å². The van der Waals surface area contributed by atoms with Gasteiger partial charge < -0.3 is 21.1 Å². The predicted molar refractivity (Wildman–Crippen MR) is 109 cm³/mol. The molecule has 2 fully saturated rings. The molecule has 5 nitrogen and oxygen atoms in total. The van der Waals surface area contributed by atoms with Crippen molar-refractivity contribution >= 4 is 23.2 Å². The van der Waals surface area contributed by atoms with Gasteiger partial charge in [-0.05, 0) is 45.6 Å². The summed E-state index contributed by atoms with van der Waals surface area (Å²) in [6, 6.07) is 3.80.